The molecule has 0 aliphatic carbocycles. The second-order valence-electron chi connectivity index (χ2n) is 4.71. The van der Waals surface area contributed by atoms with Crippen LogP contribution in [0.2, 0.25) is 0 Å². The highest BCUT2D eigenvalue weighted by atomic mass is 19.1. The molecule has 5 heteroatoms. The van der Waals surface area contributed by atoms with Gasteiger partial charge in [-0.2, -0.15) is 0 Å². The van der Waals surface area contributed by atoms with E-state index in [9.17, 15) is 13.6 Å². The maximum absolute atomic E-state index is 14.0. The summed E-state index contributed by atoms with van der Waals surface area (Å²) in [6, 6.07) is 9.99. The van der Waals surface area contributed by atoms with E-state index >= 15 is 0 Å². The van der Waals surface area contributed by atoms with Crippen molar-refractivity contribution in [3.05, 3.63) is 66.0 Å². The number of pyridine rings is 1. The van der Waals surface area contributed by atoms with E-state index in [1.807, 2.05) is 0 Å². The third-order valence-electron chi connectivity index (χ3n) is 3.43. The lowest BCUT2D eigenvalue weighted by Crippen LogP contribution is -2.01. The number of methoxy groups -OCH3 is 1. The van der Waals surface area contributed by atoms with Crippen molar-refractivity contribution in [3.8, 4) is 11.1 Å². The molecule has 0 amide bonds. The summed E-state index contributed by atoms with van der Waals surface area (Å²) < 4.78 is 32.7. The van der Waals surface area contributed by atoms with Crippen LogP contribution < -0.4 is 0 Å². The van der Waals surface area contributed by atoms with E-state index in [2.05, 4.69) is 9.72 Å². The molecule has 0 spiro atoms. The second kappa shape index (κ2) is 5.52. The molecule has 1 aromatic heterocycles. The van der Waals surface area contributed by atoms with Gasteiger partial charge in [-0.15, -0.1) is 0 Å². The van der Waals surface area contributed by atoms with Crippen LogP contribution in [-0.2, 0) is 4.74 Å². The molecule has 0 radical (unpaired) electrons. The molecule has 3 aromatic rings. The van der Waals surface area contributed by atoms with E-state index in [0.29, 0.717) is 16.5 Å². The number of nitrogens with zero attached hydrogens (tertiary/aromatic N) is 1. The minimum absolute atomic E-state index is 0.164. The molecule has 3 nitrogen and oxygen atoms in total. The lowest BCUT2D eigenvalue weighted by atomic mass is 9.97. The van der Waals surface area contributed by atoms with Crippen LogP contribution in [0.3, 0.4) is 0 Å². The van der Waals surface area contributed by atoms with Gasteiger partial charge in [0.15, 0.2) is 11.6 Å². The molecule has 3 rings (SSSR count). The number of carbonyl (C=O) groups excluding carboxylic acids is 1. The highest BCUT2D eigenvalue weighted by Gasteiger charge is 2.15. The Morgan fingerprint density at radius 3 is 2.50 bits per heavy atom. The van der Waals surface area contributed by atoms with E-state index in [1.54, 1.807) is 36.4 Å². The van der Waals surface area contributed by atoms with Crippen molar-refractivity contribution in [2.45, 2.75) is 0 Å². The van der Waals surface area contributed by atoms with Crippen molar-refractivity contribution >= 4 is 16.7 Å². The molecule has 22 heavy (non-hydrogen) atoms. The summed E-state index contributed by atoms with van der Waals surface area (Å²) in [4.78, 5) is 15.1. The molecular formula is C17H11F2NO2. The molecule has 0 saturated heterocycles. The van der Waals surface area contributed by atoms with Gasteiger partial charge >= 0.3 is 5.97 Å². The van der Waals surface area contributed by atoms with Crippen molar-refractivity contribution in [3.63, 3.8) is 0 Å². The zero-order valence-corrected chi connectivity index (χ0v) is 11.6. The third kappa shape index (κ3) is 2.30. The Morgan fingerprint density at radius 1 is 1.09 bits per heavy atom. The number of fused-ring (bicyclic) bond motifs is 1. The standard InChI is InChI=1S/C17H11F2NO2/c1-22-17(21)11-6-5-10-3-2-4-12(13(10)7-11)16-14(18)8-20-9-15(16)19/h2-9H,1H3. The number of hydrogen-bond acceptors (Lipinski definition) is 3. The number of rotatable bonds is 2. The Morgan fingerprint density at radius 2 is 1.82 bits per heavy atom. The van der Waals surface area contributed by atoms with Gasteiger partial charge in [-0.1, -0.05) is 24.3 Å². The fourth-order valence-electron chi connectivity index (χ4n) is 2.40. The van der Waals surface area contributed by atoms with Crippen molar-refractivity contribution in [1.29, 1.82) is 0 Å². The first-order valence-corrected chi connectivity index (χ1v) is 6.52. The van der Waals surface area contributed by atoms with Gasteiger partial charge in [-0.3, -0.25) is 4.98 Å². The fraction of sp³-hybridized carbons (Fsp3) is 0.0588. The van der Waals surface area contributed by atoms with Gasteiger partial charge < -0.3 is 4.74 Å². The molecule has 1 heterocycles. The smallest absolute Gasteiger partial charge is 0.337 e. The monoisotopic (exact) mass is 299 g/mol. The molecule has 0 saturated carbocycles. The van der Waals surface area contributed by atoms with Crippen LogP contribution >= 0.6 is 0 Å². The first kappa shape index (κ1) is 14.1. The number of carbonyl (C=O) groups is 1. The van der Waals surface area contributed by atoms with Gasteiger partial charge in [-0.25, -0.2) is 13.6 Å². The zero-order chi connectivity index (χ0) is 15.7. The summed E-state index contributed by atoms with van der Waals surface area (Å²) in [6.07, 6.45) is 1.92. The molecule has 2 aromatic carbocycles. The maximum Gasteiger partial charge on any atom is 0.337 e. The number of hydrogen-bond donors (Lipinski definition) is 0. The van der Waals surface area contributed by atoms with Crippen molar-refractivity contribution in [1.82, 2.24) is 4.98 Å². The average molecular weight is 299 g/mol. The van der Waals surface area contributed by atoms with Crippen LogP contribution in [0.5, 0.6) is 0 Å². The summed E-state index contributed by atoms with van der Waals surface area (Å²) in [5, 5.41) is 1.33. The number of benzene rings is 2. The summed E-state index contributed by atoms with van der Waals surface area (Å²) in [5.74, 6) is -2.01. The molecule has 0 aliphatic rings. The van der Waals surface area contributed by atoms with Gasteiger partial charge in [0.1, 0.15) is 0 Å². The van der Waals surface area contributed by atoms with Crippen LogP contribution in [0, 0.1) is 11.6 Å². The molecule has 0 bridgehead atoms. The summed E-state index contributed by atoms with van der Waals surface area (Å²) in [5.41, 5.74) is 0.514. The number of ether oxygens (including phenoxy) is 1. The van der Waals surface area contributed by atoms with Gasteiger partial charge in [0, 0.05) is 0 Å². The summed E-state index contributed by atoms with van der Waals surface area (Å²) >= 11 is 0. The Labute approximate surface area is 125 Å². The highest BCUT2D eigenvalue weighted by Crippen LogP contribution is 2.32. The van der Waals surface area contributed by atoms with Crippen molar-refractivity contribution in [2.24, 2.45) is 0 Å². The predicted molar refractivity (Wildman–Crippen MR) is 78.4 cm³/mol. The van der Waals surface area contributed by atoms with E-state index in [1.165, 1.54) is 7.11 Å². The average Bonchev–Trinajstić information content (AvgIpc) is 2.53. The summed E-state index contributed by atoms with van der Waals surface area (Å²) in [7, 11) is 1.28. The Kier molecular flexibility index (Phi) is 3.55. The van der Waals surface area contributed by atoms with E-state index in [4.69, 9.17) is 0 Å². The number of halogens is 2. The van der Waals surface area contributed by atoms with Crippen LogP contribution in [0.4, 0.5) is 8.78 Å². The Balaban J connectivity index is 2.32. The molecule has 0 aliphatic heterocycles. The Hall–Kier alpha value is -2.82. The van der Waals surface area contributed by atoms with Crippen LogP contribution in [0.15, 0.2) is 48.8 Å². The van der Waals surface area contributed by atoms with E-state index in [0.717, 1.165) is 17.8 Å². The normalized spacial score (nSPS) is 10.7. The minimum Gasteiger partial charge on any atom is -0.465 e. The molecular weight excluding hydrogens is 288 g/mol. The van der Waals surface area contributed by atoms with Gasteiger partial charge in [0.25, 0.3) is 0 Å². The zero-order valence-electron chi connectivity index (χ0n) is 11.6. The van der Waals surface area contributed by atoms with Crippen LogP contribution in [0.1, 0.15) is 10.4 Å². The largest absolute Gasteiger partial charge is 0.465 e. The molecule has 0 unspecified atom stereocenters. The maximum atomic E-state index is 14.0. The van der Waals surface area contributed by atoms with E-state index in [-0.39, 0.29) is 5.56 Å². The molecule has 0 N–H and O–H groups in total. The summed E-state index contributed by atoms with van der Waals surface area (Å²) in [6.45, 7) is 0. The minimum atomic E-state index is -0.754. The fourth-order valence-corrected chi connectivity index (χ4v) is 2.40. The molecule has 0 atom stereocenters. The molecule has 110 valence electrons. The van der Waals surface area contributed by atoms with Crippen LogP contribution in [0.25, 0.3) is 21.9 Å². The second-order valence-corrected chi connectivity index (χ2v) is 4.71. The first-order chi connectivity index (χ1) is 10.6. The van der Waals surface area contributed by atoms with Gasteiger partial charge in [-0.05, 0) is 28.5 Å². The van der Waals surface area contributed by atoms with Crippen LogP contribution in [-0.4, -0.2) is 18.1 Å². The lowest BCUT2D eigenvalue weighted by molar-refractivity contribution is 0.0601. The first-order valence-electron chi connectivity index (χ1n) is 6.52. The topological polar surface area (TPSA) is 39.2 Å². The lowest BCUT2D eigenvalue weighted by Gasteiger charge is -2.10. The van der Waals surface area contributed by atoms with Crippen molar-refractivity contribution < 1.29 is 18.3 Å². The quantitative estimate of drug-likeness (QED) is 0.672. The van der Waals surface area contributed by atoms with Gasteiger partial charge in [0.2, 0.25) is 0 Å². The van der Waals surface area contributed by atoms with Gasteiger partial charge in [0.05, 0.1) is 30.6 Å². The Bertz CT molecular complexity index is 857. The van der Waals surface area contributed by atoms with E-state index < -0.39 is 17.6 Å². The molecule has 0 fully saturated rings. The third-order valence-corrected chi connectivity index (χ3v) is 3.43. The highest BCUT2D eigenvalue weighted by molar-refractivity contribution is 6.01. The van der Waals surface area contributed by atoms with Crippen molar-refractivity contribution in [2.75, 3.05) is 7.11 Å². The number of aromatic nitrogens is 1. The SMILES string of the molecule is COC(=O)c1ccc2cccc(-c3c(F)cncc3F)c2c1. The number of esters is 1. The predicted octanol–water partition coefficient (Wildman–Crippen LogP) is 3.97.